The second kappa shape index (κ2) is 5.45. The zero-order valence-electron chi connectivity index (χ0n) is 13.0. The lowest BCUT2D eigenvalue weighted by molar-refractivity contribution is -0.0800. The lowest BCUT2D eigenvalue weighted by Gasteiger charge is -2.46. The van der Waals surface area contributed by atoms with Crippen molar-refractivity contribution >= 4 is 0 Å². The van der Waals surface area contributed by atoms with E-state index < -0.39 is 11.6 Å². The molecule has 1 unspecified atom stereocenters. The van der Waals surface area contributed by atoms with E-state index in [9.17, 15) is 4.39 Å². The minimum absolute atomic E-state index is 0.232. The molecule has 1 aromatic rings. The van der Waals surface area contributed by atoms with Crippen molar-refractivity contribution < 1.29 is 9.13 Å². The third-order valence-electron chi connectivity index (χ3n) is 4.91. The van der Waals surface area contributed by atoms with Crippen LogP contribution in [0.2, 0.25) is 0 Å². The Bertz CT molecular complexity index is 474. The van der Waals surface area contributed by atoms with Gasteiger partial charge in [0.1, 0.15) is 5.82 Å². The number of halogens is 1. The van der Waals surface area contributed by atoms with Gasteiger partial charge in [-0.3, -0.25) is 0 Å². The minimum Gasteiger partial charge on any atom is -0.376 e. The van der Waals surface area contributed by atoms with Crippen LogP contribution in [0.4, 0.5) is 4.39 Å². The van der Waals surface area contributed by atoms with Crippen LogP contribution in [0.5, 0.6) is 0 Å². The van der Waals surface area contributed by atoms with Gasteiger partial charge in [0.25, 0.3) is 0 Å². The number of ether oxygens (including phenoxy) is 1. The molecule has 2 N–H and O–H groups in total. The highest BCUT2D eigenvalue weighted by molar-refractivity contribution is 5.29. The van der Waals surface area contributed by atoms with Gasteiger partial charge in [-0.2, -0.15) is 0 Å². The second-order valence-corrected chi connectivity index (χ2v) is 6.94. The van der Waals surface area contributed by atoms with E-state index in [-0.39, 0.29) is 5.82 Å². The molecule has 0 amide bonds. The Balaban J connectivity index is 2.30. The summed E-state index contributed by atoms with van der Waals surface area (Å²) in [5.74, 6) is -0.232. The Labute approximate surface area is 121 Å². The number of hydrogen-bond donors (Lipinski definition) is 1. The van der Waals surface area contributed by atoms with Gasteiger partial charge in [-0.05, 0) is 44.1 Å². The molecule has 1 atom stereocenters. The smallest absolute Gasteiger partial charge is 0.128 e. The number of hydrogen-bond acceptors (Lipinski definition) is 2. The van der Waals surface area contributed by atoms with E-state index in [1.54, 1.807) is 13.2 Å². The van der Waals surface area contributed by atoms with E-state index in [4.69, 9.17) is 10.5 Å². The van der Waals surface area contributed by atoms with Crippen LogP contribution in [-0.2, 0) is 4.74 Å². The van der Waals surface area contributed by atoms with Crippen molar-refractivity contribution in [3.63, 3.8) is 0 Å². The van der Waals surface area contributed by atoms with Gasteiger partial charge in [0.2, 0.25) is 0 Å². The maximum absolute atomic E-state index is 14.1. The number of nitrogens with two attached hydrogens (primary N) is 1. The summed E-state index contributed by atoms with van der Waals surface area (Å²) in [5.41, 5.74) is 7.90. The van der Waals surface area contributed by atoms with Crippen molar-refractivity contribution in [1.82, 2.24) is 0 Å². The maximum atomic E-state index is 14.1. The molecule has 0 heterocycles. The molecule has 1 aromatic carbocycles. The van der Waals surface area contributed by atoms with E-state index in [2.05, 4.69) is 13.8 Å². The Morgan fingerprint density at radius 2 is 1.80 bits per heavy atom. The molecule has 2 nitrogen and oxygen atoms in total. The summed E-state index contributed by atoms with van der Waals surface area (Å²) < 4.78 is 19.9. The van der Waals surface area contributed by atoms with Crippen LogP contribution in [0.25, 0.3) is 0 Å². The molecule has 0 aliphatic heterocycles. The predicted molar refractivity (Wildman–Crippen MR) is 80.1 cm³/mol. The van der Waals surface area contributed by atoms with Gasteiger partial charge < -0.3 is 10.5 Å². The summed E-state index contributed by atoms with van der Waals surface area (Å²) in [6.07, 6.45) is 3.88. The molecule has 0 aromatic heterocycles. The normalized spacial score (nSPS) is 22.5. The molecular formula is C17H26FNO. The molecule has 0 bridgehead atoms. The summed E-state index contributed by atoms with van der Waals surface area (Å²) in [4.78, 5) is 0. The number of rotatable bonds is 3. The minimum atomic E-state index is -0.440. The monoisotopic (exact) mass is 279 g/mol. The summed E-state index contributed by atoms with van der Waals surface area (Å²) in [6, 6.07) is 4.71. The molecule has 1 aliphatic carbocycles. The van der Waals surface area contributed by atoms with Gasteiger partial charge in [0.05, 0.1) is 11.6 Å². The highest BCUT2D eigenvalue weighted by Gasteiger charge is 2.44. The molecule has 112 valence electrons. The largest absolute Gasteiger partial charge is 0.376 e. The summed E-state index contributed by atoms with van der Waals surface area (Å²) in [6.45, 7) is 6.50. The maximum Gasteiger partial charge on any atom is 0.128 e. The zero-order valence-corrected chi connectivity index (χ0v) is 13.0. The fourth-order valence-electron chi connectivity index (χ4n) is 3.18. The first kappa shape index (κ1) is 15.5. The molecule has 20 heavy (non-hydrogen) atoms. The predicted octanol–water partition coefficient (Wildman–Crippen LogP) is 4.12. The van der Waals surface area contributed by atoms with Crippen LogP contribution in [-0.4, -0.2) is 12.7 Å². The van der Waals surface area contributed by atoms with Crippen molar-refractivity contribution in [1.29, 1.82) is 0 Å². The van der Waals surface area contributed by atoms with Crippen molar-refractivity contribution in [2.24, 2.45) is 11.1 Å². The quantitative estimate of drug-likeness (QED) is 0.903. The van der Waals surface area contributed by atoms with E-state index in [0.29, 0.717) is 11.0 Å². The first-order valence-electron chi connectivity index (χ1n) is 7.36. The van der Waals surface area contributed by atoms with Crippen LogP contribution in [0.3, 0.4) is 0 Å². The molecule has 3 heteroatoms. The highest BCUT2D eigenvalue weighted by atomic mass is 19.1. The number of benzene rings is 1. The molecule has 2 rings (SSSR count). The molecule has 1 saturated carbocycles. The SMILES string of the molecule is COC1(C(N)c2cc(C)ccc2F)CCC(C)(C)CC1. The number of aryl methyl sites for hydroxylation is 1. The third kappa shape index (κ3) is 2.89. The van der Waals surface area contributed by atoms with Gasteiger partial charge in [0, 0.05) is 12.7 Å². The Hall–Kier alpha value is -0.930. The van der Waals surface area contributed by atoms with Gasteiger partial charge >= 0.3 is 0 Å². The van der Waals surface area contributed by atoms with Crippen LogP contribution in [0.1, 0.15) is 56.7 Å². The van der Waals surface area contributed by atoms with Crippen LogP contribution >= 0.6 is 0 Å². The topological polar surface area (TPSA) is 35.2 Å². The second-order valence-electron chi connectivity index (χ2n) is 6.94. The summed E-state index contributed by atoms with van der Waals surface area (Å²) in [5, 5.41) is 0. The fraction of sp³-hybridized carbons (Fsp3) is 0.647. The lowest BCUT2D eigenvalue weighted by Crippen LogP contribution is -2.47. The third-order valence-corrected chi connectivity index (χ3v) is 4.91. The van der Waals surface area contributed by atoms with E-state index in [1.165, 1.54) is 6.07 Å². The molecule has 0 radical (unpaired) electrons. The van der Waals surface area contributed by atoms with Crippen molar-refractivity contribution in [2.75, 3.05) is 7.11 Å². The van der Waals surface area contributed by atoms with E-state index in [1.807, 2.05) is 13.0 Å². The van der Waals surface area contributed by atoms with Crippen LogP contribution in [0, 0.1) is 18.2 Å². The van der Waals surface area contributed by atoms with Crippen molar-refractivity contribution in [3.8, 4) is 0 Å². The van der Waals surface area contributed by atoms with Gasteiger partial charge in [0.15, 0.2) is 0 Å². The fourth-order valence-corrected chi connectivity index (χ4v) is 3.18. The average Bonchev–Trinajstić information content (AvgIpc) is 2.41. The van der Waals surface area contributed by atoms with Gasteiger partial charge in [-0.25, -0.2) is 4.39 Å². The highest BCUT2D eigenvalue weighted by Crippen LogP contribution is 2.46. The molecule has 1 aliphatic rings. The average molecular weight is 279 g/mol. The standard InChI is InChI=1S/C17H26FNO/c1-12-5-6-14(18)13(11-12)15(19)17(20-4)9-7-16(2,3)8-10-17/h5-6,11,15H,7-10,19H2,1-4H3. The summed E-state index contributed by atoms with van der Waals surface area (Å²) >= 11 is 0. The zero-order chi connectivity index (χ0) is 15.0. The van der Waals surface area contributed by atoms with Crippen LogP contribution in [0.15, 0.2) is 18.2 Å². The van der Waals surface area contributed by atoms with E-state index >= 15 is 0 Å². The molecule has 0 saturated heterocycles. The lowest BCUT2D eigenvalue weighted by atomic mass is 9.67. The first-order chi connectivity index (χ1) is 9.30. The van der Waals surface area contributed by atoms with Gasteiger partial charge in [-0.15, -0.1) is 0 Å². The Morgan fingerprint density at radius 1 is 1.20 bits per heavy atom. The first-order valence-corrected chi connectivity index (χ1v) is 7.36. The molecule has 0 spiro atoms. The van der Waals surface area contributed by atoms with E-state index in [0.717, 1.165) is 31.2 Å². The number of methoxy groups -OCH3 is 1. The van der Waals surface area contributed by atoms with Crippen molar-refractivity contribution in [2.45, 2.75) is 58.1 Å². The van der Waals surface area contributed by atoms with Crippen molar-refractivity contribution in [3.05, 3.63) is 35.1 Å². The Kier molecular flexibility index (Phi) is 4.22. The van der Waals surface area contributed by atoms with Crippen LogP contribution < -0.4 is 5.73 Å². The summed E-state index contributed by atoms with van der Waals surface area (Å²) in [7, 11) is 1.70. The Morgan fingerprint density at radius 3 is 2.35 bits per heavy atom. The molecule has 1 fully saturated rings. The van der Waals surface area contributed by atoms with Gasteiger partial charge in [-0.1, -0.05) is 31.5 Å². The molecular weight excluding hydrogens is 253 g/mol.